The summed E-state index contributed by atoms with van der Waals surface area (Å²) in [4.78, 5) is 44.8. The van der Waals surface area contributed by atoms with Crippen LogP contribution in [0.4, 0.5) is 0 Å². The van der Waals surface area contributed by atoms with Crippen LogP contribution in [0.5, 0.6) is 0 Å². The van der Waals surface area contributed by atoms with E-state index in [0.29, 0.717) is 0 Å². The van der Waals surface area contributed by atoms with E-state index in [-0.39, 0.29) is 0 Å². The van der Waals surface area contributed by atoms with Crippen molar-refractivity contribution in [1.29, 1.82) is 0 Å². The maximum absolute atomic E-state index is 13.7. The molecule has 0 aromatic carbocycles. The van der Waals surface area contributed by atoms with Crippen LogP contribution >= 0.6 is 23.5 Å². The number of hydrogen-bond donors (Lipinski definition) is 30. The molecule has 0 radical (unpaired) electrons. The Morgan fingerprint density at radius 2 is 0.811 bits per heavy atom. The minimum Gasteiger partial charge on any atom is -0.477 e. The molecule has 52 nitrogen and oxygen atoms in total. The molecular weight excluding hydrogens is 1530 g/mol. The van der Waals surface area contributed by atoms with E-state index in [4.69, 9.17) is 86.6 Å². The second-order valence-electron chi connectivity index (χ2n) is 24.9. The number of nitrogens with two attached hydrogens (primary N) is 2. The van der Waals surface area contributed by atoms with Gasteiger partial charge in [-0.05, 0) is 0 Å². The lowest BCUT2D eigenvalue weighted by atomic mass is 9.91. The lowest BCUT2D eigenvalue weighted by Gasteiger charge is -2.53. The largest absolute Gasteiger partial charge is 0.481 e. The van der Waals surface area contributed by atoms with E-state index in [1.165, 1.54) is 0 Å². The number of phosphoric ester groups is 3. The van der Waals surface area contributed by atoms with E-state index in [0.717, 1.165) is 0 Å². The fourth-order valence-corrected chi connectivity index (χ4v) is 15.3. The standard InChI is InChI=1S/C51H93N2O50P3/c52-1-3-86-104(80,81)102-20(12-60)38-32(75)40(96-45-29(72)24(67)22(65)18(10-58)89-45)43(99-47-30(73)25(68)26(69)34(91-47)13(61)6-54)49(94-38)97-41-33(76)48(95-39-16(101-106(84,85)103-105(82,83)87-4-2-53)5-51(79,50(77)78)100-36(39)15(63)8-56)92-35(14(62)7-55)42(41)98-46-31(74)27(70)37(19(11-59)90-46)93-44-28(71)23(66)21(64)17(9-57)88-44/h13-49,54-76,79H,1-12,52-53H2,(H,77,78)(H,80,81)(H,82,83)(H,84,85)/t13-,14-,15+,16+,17+,18+,19+,20-,21+,22+,23-,24-,25-,26-,27+,28+,29+,30-,31+,32+,33-,34+,35+,36+,37+,38+,39+,40-,41+,42+,43-,44-,45+,46-,47+,48+,49+,51+/m0/s1. The van der Waals surface area contributed by atoms with Crippen molar-refractivity contribution in [2.24, 2.45) is 11.5 Å². The van der Waals surface area contributed by atoms with Crippen molar-refractivity contribution in [3.8, 4) is 0 Å². The van der Waals surface area contributed by atoms with E-state index < -0.39 is 341 Å². The number of phosphoric acid groups is 3. The van der Waals surface area contributed by atoms with Gasteiger partial charge in [-0.2, -0.15) is 4.31 Å². The van der Waals surface area contributed by atoms with Gasteiger partial charge < -0.3 is 215 Å². The van der Waals surface area contributed by atoms with E-state index in [1.807, 2.05) is 0 Å². The number of aliphatic carboxylic acids is 1. The Labute approximate surface area is 596 Å². The summed E-state index contributed by atoms with van der Waals surface area (Å²) in [6.07, 6.45) is -95.4. The molecular formula is C51H93N2O50P3. The highest BCUT2D eigenvalue weighted by Crippen LogP contribution is 2.62. The van der Waals surface area contributed by atoms with Gasteiger partial charge in [0.05, 0.1) is 59.5 Å². The van der Waals surface area contributed by atoms with E-state index in [9.17, 15) is 161 Å². The summed E-state index contributed by atoms with van der Waals surface area (Å²) >= 11 is 0. The van der Waals surface area contributed by atoms with Crippen LogP contribution in [0.15, 0.2) is 0 Å². The molecule has 32 N–H and O–H groups in total. The molecule has 0 amide bonds. The van der Waals surface area contributed by atoms with Crippen molar-refractivity contribution in [1.82, 2.24) is 0 Å². The van der Waals surface area contributed by atoms with Crippen LogP contribution in [0, 0.1) is 0 Å². The van der Waals surface area contributed by atoms with Crippen LogP contribution in [0.1, 0.15) is 6.42 Å². The van der Waals surface area contributed by atoms with E-state index >= 15 is 0 Å². The van der Waals surface area contributed by atoms with Gasteiger partial charge in [-0.3, -0.25) is 18.1 Å². The Bertz CT molecular complexity index is 2860. The highest BCUT2D eigenvalue weighted by atomic mass is 31.3. The molecule has 55 heteroatoms. The third kappa shape index (κ3) is 21.2. The molecule has 0 aromatic rings. The molecule has 0 bridgehead atoms. The fourth-order valence-electron chi connectivity index (χ4n) is 12.1. The first kappa shape index (κ1) is 91.5. The van der Waals surface area contributed by atoms with Crippen molar-refractivity contribution < 1.29 is 245 Å². The van der Waals surface area contributed by atoms with Crippen LogP contribution in [0.3, 0.4) is 0 Å². The van der Waals surface area contributed by atoms with Gasteiger partial charge in [0.15, 0.2) is 37.7 Å². The van der Waals surface area contributed by atoms with Crippen LogP contribution in [0.2, 0.25) is 0 Å². The predicted octanol–water partition coefficient (Wildman–Crippen LogP) is -18.0. The van der Waals surface area contributed by atoms with Gasteiger partial charge in [-0.1, -0.05) is 0 Å². The Morgan fingerprint density at radius 1 is 0.415 bits per heavy atom. The van der Waals surface area contributed by atoms with Gasteiger partial charge in [0.1, 0.15) is 189 Å². The lowest BCUT2D eigenvalue weighted by Crippen LogP contribution is -2.71. The number of carboxylic acids is 1. The van der Waals surface area contributed by atoms with Gasteiger partial charge >= 0.3 is 29.4 Å². The average Bonchev–Trinajstić information content (AvgIpc) is 0.752. The molecule has 41 atom stereocenters. The quantitative estimate of drug-likeness (QED) is 0.0259. The maximum Gasteiger partial charge on any atom is 0.481 e. The third-order valence-electron chi connectivity index (χ3n) is 17.5. The number of aliphatic hydroxyl groups is 24. The number of rotatable bonds is 36. The normalized spacial score (nSPS) is 45.6. The van der Waals surface area contributed by atoms with Crippen molar-refractivity contribution in [2.45, 2.75) is 239 Å². The van der Waals surface area contributed by atoms with Crippen molar-refractivity contribution in [3.63, 3.8) is 0 Å². The van der Waals surface area contributed by atoms with Crippen LogP contribution in [-0.2, 0) is 102 Å². The maximum atomic E-state index is 13.7. The molecule has 0 aliphatic carbocycles. The third-order valence-corrected chi connectivity index (χ3v) is 21.3. The van der Waals surface area contributed by atoms with E-state index in [1.54, 1.807) is 0 Å². The van der Waals surface area contributed by atoms with Gasteiger partial charge in [-0.25, -0.2) is 18.5 Å². The van der Waals surface area contributed by atoms with Crippen molar-refractivity contribution in [3.05, 3.63) is 0 Å². The first-order valence-electron chi connectivity index (χ1n) is 32.1. The summed E-state index contributed by atoms with van der Waals surface area (Å²) in [6.45, 7) is -12.4. The molecule has 7 aliphatic heterocycles. The average molecular weight is 1630 g/mol. The molecule has 7 fully saturated rings. The minimum atomic E-state index is -6.35. The topological polar surface area (TPSA) is 853 Å². The van der Waals surface area contributed by atoms with Crippen LogP contribution in [-0.4, -0.2) is 454 Å². The molecule has 106 heavy (non-hydrogen) atoms. The first-order chi connectivity index (χ1) is 49.7. The molecule has 7 heterocycles. The molecule has 7 saturated heterocycles. The zero-order chi connectivity index (χ0) is 79.2. The number of ether oxygens (including phenoxy) is 13. The van der Waals surface area contributed by atoms with Gasteiger partial charge in [0, 0.05) is 19.5 Å². The van der Waals surface area contributed by atoms with E-state index in [2.05, 4.69) is 8.83 Å². The van der Waals surface area contributed by atoms with Crippen LogP contribution < -0.4 is 11.5 Å². The molecule has 3 unspecified atom stereocenters. The summed E-state index contributed by atoms with van der Waals surface area (Å²) in [6, 6.07) is 0. The molecule has 7 rings (SSSR count). The van der Waals surface area contributed by atoms with Crippen LogP contribution in [0.25, 0.3) is 0 Å². The number of aliphatic hydroxyl groups excluding tert-OH is 23. The SMILES string of the molecule is NCCOP(=O)(O)O[C@@H](CO)[C@H]1O[C@H](O[C@@H]2[C@H](O)[C@@H](O[C@H]3[C@@H]([C@H](O)CO)O[C@@](O)(C(=O)O)C[C@H]3OP(=O)(O)OP(=O)(O)OCCN)O[C@H]([C@@H](O)CO)[C@H]2O[C@@H]2O[C@H](CO)[C@@H](O[C@@H]3O[C@H](CO)[C@@H](O)[C@H](O)[C@H]3O)[C@H](O)[C@H]2O)[C@@H](O[C@H]2O[C@H]([C@@H](O)CO)[C@@H](O)[C@H](O)[C@@H]2O)[C@@H](O[C@H]2O[C@H](CO)[C@@H](O)[C@H](O)[C@H]2O)[C@@H]1O. The lowest BCUT2D eigenvalue weighted by molar-refractivity contribution is -0.423. The summed E-state index contributed by atoms with van der Waals surface area (Å²) in [7, 11) is -17.8. The minimum absolute atomic E-state index is 0.503. The molecule has 0 aromatic heterocycles. The molecule has 0 spiro atoms. The Kier molecular flexibility index (Phi) is 33.7. The second kappa shape index (κ2) is 39.1. The predicted molar refractivity (Wildman–Crippen MR) is 319 cm³/mol. The highest BCUT2D eigenvalue weighted by molar-refractivity contribution is 7.61. The summed E-state index contributed by atoms with van der Waals surface area (Å²) < 4.78 is 140. The van der Waals surface area contributed by atoms with Gasteiger partial charge in [0.2, 0.25) is 0 Å². The van der Waals surface area contributed by atoms with Gasteiger partial charge in [0.25, 0.3) is 5.79 Å². The number of carboxylic acid groups (broad SMARTS) is 1. The number of carbonyl (C=O) groups is 1. The Balaban J connectivity index is 1.46. The fraction of sp³-hybridized carbons (Fsp3) is 0.980. The zero-order valence-corrected chi connectivity index (χ0v) is 57.5. The monoisotopic (exact) mass is 1630 g/mol. The van der Waals surface area contributed by atoms with Gasteiger partial charge in [-0.15, -0.1) is 0 Å². The highest BCUT2D eigenvalue weighted by Gasteiger charge is 2.64. The Hall–Kier alpha value is -1.72. The van der Waals surface area contributed by atoms with Crippen molar-refractivity contribution >= 4 is 29.4 Å². The molecule has 622 valence electrons. The summed E-state index contributed by atoms with van der Waals surface area (Å²) in [5, 5.41) is 276. The molecule has 7 aliphatic rings. The smallest absolute Gasteiger partial charge is 0.477 e. The Morgan fingerprint density at radius 3 is 1.31 bits per heavy atom. The zero-order valence-electron chi connectivity index (χ0n) is 54.8. The first-order valence-corrected chi connectivity index (χ1v) is 36.6. The van der Waals surface area contributed by atoms with Crippen molar-refractivity contribution in [2.75, 3.05) is 72.6 Å². The molecule has 0 saturated carbocycles. The second-order valence-corrected chi connectivity index (χ2v) is 29.3. The number of hydrogen-bond acceptors (Lipinski definition) is 48. The summed E-state index contributed by atoms with van der Waals surface area (Å²) in [5.74, 6) is -6.17. The summed E-state index contributed by atoms with van der Waals surface area (Å²) in [5.41, 5.74) is 10.7.